The van der Waals surface area contributed by atoms with Crippen molar-refractivity contribution in [3.8, 4) is 33.6 Å². The highest BCUT2D eigenvalue weighted by molar-refractivity contribution is 7.01. The second-order valence-corrected chi connectivity index (χ2v) is 15.3. The molecule has 13 rings (SSSR count). The molecule has 0 bridgehead atoms. The van der Waals surface area contributed by atoms with E-state index in [2.05, 4.69) is 186 Å². The van der Waals surface area contributed by atoms with Crippen LogP contribution in [0.4, 0.5) is 0 Å². The Balaban J connectivity index is 1.21. The lowest BCUT2D eigenvalue weighted by molar-refractivity contribution is 1.19. The van der Waals surface area contributed by atoms with E-state index in [1.807, 2.05) is 0 Å². The quantitative estimate of drug-likeness (QED) is 0.161. The number of para-hydroxylation sites is 4. The molecule has 0 fully saturated rings. The molecule has 4 heterocycles. The summed E-state index contributed by atoms with van der Waals surface area (Å²) in [5.41, 5.74) is 18.4. The molecular weight excluding hydrogens is 651 g/mol. The second-order valence-electron chi connectivity index (χ2n) is 15.3. The summed E-state index contributed by atoms with van der Waals surface area (Å²) in [4.78, 5) is 0. The van der Waals surface area contributed by atoms with E-state index in [-0.39, 0.29) is 6.71 Å². The van der Waals surface area contributed by atoms with Crippen molar-refractivity contribution in [2.75, 3.05) is 0 Å². The van der Waals surface area contributed by atoms with Crippen LogP contribution in [0.2, 0.25) is 0 Å². The summed E-state index contributed by atoms with van der Waals surface area (Å²) in [7, 11) is 0. The minimum atomic E-state index is 0.113. The van der Waals surface area contributed by atoms with Gasteiger partial charge in [-0.05, 0) is 94.0 Å². The summed E-state index contributed by atoms with van der Waals surface area (Å²) < 4.78 is 4.97. The maximum absolute atomic E-state index is 2.51. The molecule has 2 aliphatic rings. The summed E-state index contributed by atoms with van der Waals surface area (Å²) in [5.74, 6) is 0. The predicted octanol–water partition coefficient (Wildman–Crippen LogP) is 11.0. The standard InChI is InChI=1S/C51H31BN2/c1-30-26-39-37-28-41-33-18-8-10-24-45(33)53(31-14-4-2-5-15-31)50(41)35-20-12-22-43(47(35)37)52-44-23-13-21-36-48(44)38(40(27-30)49(39)52)29-42-34-19-9-11-25-46(34)54(51(36)42)32-16-6-3-7-17-32/h2-29H,1H3. The number of fused-ring (bicyclic) bond motifs is 12. The van der Waals surface area contributed by atoms with E-state index in [1.165, 1.54) is 121 Å². The van der Waals surface area contributed by atoms with Gasteiger partial charge in [-0.3, -0.25) is 0 Å². The van der Waals surface area contributed by atoms with Gasteiger partial charge in [-0.15, -0.1) is 0 Å². The van der Waals surface area contributed by atoms with Gasteiger partial charge in [0.2, 0.25) is 6.71 Å². The fourth-order valence-corrected chi connectivity index (χ4v) is 10.6. The van der Waals surface area contributed by atoms with Crippen LogP contribution in [0.1, 0.15) is 5.56 Å². The van der Waals surface area contributed by atoms with Gasteiger partial charge in [0.05, 0.1) is 22.1 Å². The molecule has 0 spiro atoms. The van der Waals surface area contributed by atoms with Gasteiger partial charge < -0.3 is 9.13 Å². The summed E-state index contributed by atoms with van der Waals surface area (Å²) in [5, 5.41) is 10.6. The van der Waals surface area contributed by atoms with Gasteiger partial charge in [-0.1, -0.05) is 138 Å². The average molecular weight is 683 g/mol. The van der Waals surface area contributed by atoms with Gasteiger partial charge in [0, 0.05) is 43.7 Å². The Bertz CT molecular complexity index is 3220. The molecule has 0 aliphatic carbocycles. The lowest BCUT2D eigenvalue weighted by atomic mass is 9.31. The highest BCUT2D eigenvalue weighted by Crippen LogP contribution is 2.47. The van der Waals surface area contributed by atoms with Gasteiger partial charge in [-0.2, -0.15) is 0 Å². The molecular formula is C51H31BN2. The van der Waals surface area contributed by atoms with Crippen LogP contribution < -0.4 is 16.4 Å². The van der Waals surface area contributed by atoms with Gasteiger partial charge in [-0.25, -0.2) is 0 Å². The highest BCUT2D eigenvalue weighted by atomic mass is 15.0. The largest absolute Gasteiger partial charge is 0.309 e. The zero-order valence-electron chi connectivity index (χ0n) is 29.6. The van der Waals surface area contributed by atoms with Crippen LogP contribution in [0.3, 0.4) is 0 Å². The molecule has 54 heavy (non-hydrogen) atoms. The number of hydrogen-bond acceptors (Lipinski definition) is 0. The molecule has 0 saturated carbocycles. The van der Waals surface area contributed by atoms with Crippen LogP contribution in [0.15, 0.2) is 170 Å². The fourth-order valence-electron chi connectivity index (χ4n) is 10.6. The Kier molecular flexibility index (Phi) is 5.42. The van der Waals surface area contributed by atoms with Crippen LogP contribution in [0.25, 0.3) is 98.8 Å². The topological polar surface area (TPSA) is 9.86 Å². The molecule has 248 valence electrons. The third kappa shape index (κ3) is 3.48. The molecule has 11 aromatic rings. The first-order chi connectivity index (χ1) is 26.7. The van der Waals surface area contributed by atoms with Gasteiger partial charge in [0.15, 0.2) is 0 Å². The third-order valence-corrected chi connectivity index (χ3v) is 12.5. The van der Waals surface area contributed by atoms with Crippen LogP contribution in [-0.2, 0) is 0 Å². The van der Waals surface area contributed by atoms with E-state index in [0.717, 1.165) is 0 Å². The van der Waals surface area contributed by atoms with Crippen molar-refractivity contribution >= 4 is 88.3 Å². The first-order valence-electron chi connectivity index (χ1n) is 19.0. The van der Waals surface area contributed by atoms with E-state index in [0.29, 0.717) is 0 Å². The number of benzene rings is 9. The molecule has 0 radical (unpaired) electrons. The van der Waals surface area contributed by atoms with Crippen molar-refractivity contribution in [3.05, 3.63) is 175 Å². The van der Waals surface area contributed by atoms with Crippen LogP contribution in [0.5, 0.6) is 0 Å². The van der Waals surface area contributed by atoms with E-state index in [1.54, 1.807) is 0 Å². The Labute approximate surface area is 312 Å². The number of hydrogen-bond donors (Lipinski definition) is 0. The zero-order valence-corrected chi connectivity index (χ0v) is 29.6. The molecule has 9 aromatic carbocycles. The average Bonchev–Trinajstić information content (AvgIpc) is 3.74. The number of aromatic nitrogens is 2. The molecule has 0 saturated heterocycles. The lowest BCUT2D eigenvalue weighted by Gasteiger charge is -2.35. The molecule has 3 heteroatoms. The fraction of sp³-hybridized carbons (Fsp3) is 0.0196. The van der Waals surface area contributed by atoms with Crippen LogP contribution >= 0.6 is 0 Å². The van der Waals surface area contributed by atoms with E-state index in [9.17, 15) is 0 Å². The Morgan fingerprint density at radius 2 is 0.796 bits per heavy atom. The van der Waals surface area contributed by atoms with Gasteiger partial charge >= 0.3 is 0 Å². The molecule has 0 unspecified atom stereocenters. The maximum Gasteiger partial charge on any atom is 0.244 e. The number of nitrogens with zero attached hydrogens (tertiary/aromatic N) is 2. The maximum atomic E-state index is 2.51. The molecule has 2 nitrogen and oxygen atoms in total. The van der Waals surface area contributed by atoms with Crippen molar-refractivity contribution in [1.82, 2.24) is 9.13 Å². The van der Waals surface area contributed by atoms with Crippen LogP contribution in [0, 0.1) is 6.92 Å². The van der Waals surface area contributed by atoms with E-state index in [4.69, 9.17) is 0 Å². The minimum absolute atomic E-state index is 0.113. The van der Waals surface area contributed by atoms with Gasteiger partial charge in [0.1, 0.15) is 0 Å². The smallest absolute Gasteiger partial charge is 0.244 e. The van der Waals surface area contributed by atoms with Crippen LogP contribution in [-0.4, -0.2) is 15.8 Å². The molecule has 0 atom stereocenters. The Morgan fingerprint density at radius 3 is 1.28 bits per heavy atom. The van der Waals surface area contributed by atoms with Gasteiger partial charge in [0.25, 0.3) is 0 Å². The highest BCUT2D eigenvalue weighted by Gasteiger charge is 2.40. The van der Waals surface area contributed by atoms with Crippen molar-refractivity contribution in [1.29, 1.82) is 0 Å². The molecule has 2 aliphatic heterocycles. The summed E-state index contributed by atoms with van der Waals surface area (Å²) in [6.45, 7) is 2.39. The number of aryl methyl sites for hydroxylation is 1. The molecule has 2 aromatic heterocycles. The van der Waals surface area contributed by atoms with Crippen molar-refractivity contribution < 1.29 is 0 Å². The minimum Gasteiger partial charge on any atom is -0.309 e. The third-order valence-electron chi connectivity index (χ3n) is 12.5. The normalized spacial score (nSPS) is 12.9. The zero-order chi connectivity index (χ0) is 35.2. The predicted molar refractivity (Wildman–Crippen MR) is 230 cm³/mol. The first-order valence-corrected chi connectivity index (χ1v) is 19.0. The Morgan fingerprint density at radius 1 is 0.370 bits per heavy atom. The van der Waals surface area contributed by atoms with E-state index < -0.39 is 0 Å². The first kappa shape index (κ1) is 28.7. The van der Waals surface area contributed by atoms with E-state index >= 15 is 0 Å². The second kappa shape index (κ2) is 10.2. The SMILES string of the molecule is Cc1cc2c3c(c1)-c1cc4c5ccccc5n(-c5ccccc5)c4c4cccc(c14)B3c1cccc3c1c-2cc1c2ccccc2n(-c2ccccc2)c31. The van der Waals surface area contributed by atoms with Crippen molar-refractivity contribution in [2.45, 2.75) is 6.92 Å². The molecule has 0 N–H and O–H groups in total. The summed E-state index contributed by atoms with van der Waals surface area (Å²) in [6.07, 6.45) is 0. The summed E-state index contributed by atoms with van der Waals surface area (Å²) in [6, 6.07) is 63.7. The van der Waals surface area contributed by atoms with Crippen molar-refractivity contribution in [2.24, 2.45) is 0 Å². The Hall–Kier alpha value is -6.84. The monoisotopic (exact) mass is 682 g/mol. The summed E-state index contributed by atoms with van der Waals surface area (Å²) >= 11 is 0. The number of rotatable bonds is 2. The van der Waals surface area contributed by atoms with Crippen molar-refractivity contribution in [3.63, 3.8) is 0 Å². The molecule has 0 amide bonds. The lowest BCUT2D eigenvalue weighted by Crippen LogP contribution is -2.57.